The van der Waals surface area contributed by atoms with Gasteiger partial charge in [0.25, 0.3) is 0 Å². The standard InChI is InChI=1S/C10H7.C8H9O.Hg/c1-2-6-10-8-4-3-7-9(10)5-1;1-7-5-3-4-6-8(7)9-2;/h1-7H;3-6H,1H2,2H3;. The van der Waals surface area contributed by atoms with E-state index in [1.165, 1.54) is 20.3 Å². The van der Waals surface area contributed by atoms with Gasteiger partial charge in [0.15, 0.2) is 0 Å². The van der Waals surface area contributed by atoms with Crippen LogP contribution in [0.2, 0.25) is 0 Å². The van der Waals surface area contributed by atoms with E-state index in [2.05, 4.69) is 60.7 Å². The Labute approximate surface area is 132 Å². The van der Waals surface area contributed by atoms with Gasteiger partial charge in [0.2, 0.25) is 0 Å². The van der Waals surface area contributed by atoms with E-state index in [0.29, 0.717) is 0 Å². The zero-order chi connectivity index (χ0) is 13.8. The summed E-state index contributed by atoms with van der Waals surface area (Å²) in [5, 5.41) is 2.82. The first-order valence-electron chi connectivity index (χ1n) is 6.97. The summed E-state index contributed by atoms with van der Waals surface area (Å²) in [6.07, 6.45) is 0. The maximum absolute atomic E-state index is 5.46. The molecule has 0 spiro atoms. The summed E-state index contributed by atoms with van der Waals surface area (Å²) in [5.74, 6) is 1.03. The number of rotatable bonds is 4. The number of ether oxygens (including phenoxy) is 1. The van der Waals surface area contributed by atoms with Crippen LogP contribution in [0.3, 0.4) is 0 Å². The molecule has 0 amide bonds. The van der Waals surface area contributed by atoms with Crippen molar-refractivity contribution in [1.29, 1.82) is 0 Å². The summed E-state index contributed by atoms with van der Waals surface area (Å²) in [6.45, 7) is 0. The van der Waals surface area contributed by atoms with Crippen molar-refractivity contribution in [2.75, 3.05) is 7.11 Å². The van der Waals surface area contributed by atoms with Gasteiger partial charge in [0.1, 0.15) is 0 Å². The maximum atomic E-state index is 5.46. The van der Waals surface area contributed by atoms with E-state index in [1.54, 1.807) is 10.2 Å². The van der Waals surface area contributed by atoms with Gasteiger partial charge in [0.05, 0.1) is 0 Å². The summed E-state index contributed by atoms with van der Waals surface area (Å²) in [4.78, 5) is 0. The van der Waals surface area contributed by atoms with Gasteiger partial charge in [0, 0.05) is 0 Å². The Morgan fingerprint density at radius 2 is 1.60 bits per heavy atom. The van der Waals surface area contributed by atoms with Crippen molar-refractivity contribution in [2.45, 2.75) is 3.93 Å². The monoisotopic (exact) mass is 450 g/mol. The van der Waals surface area contributed by atoms with Crippen LogP contribution in [0, 0.1) is 0 Å². The fraction of sp³-hybridized carbons (Fsp3) is 0.111. The summed E-state index contributed by atoms with van der Waals surface area (Å²) < 4.78 is 8.30. The van der Waals surface area contributed by atoms with Crippen molar-refractivity contribution >= 4 is 13.8 Å². The van der Waals surface area contributed by atoms with E-state index in [1.807, 2.05) is 6.07 Å². The van der Waals surface area contributed by atoms with Gasteiger partial charge in [-0.3, -0.25) is 0 Å². The number of benzene rings is 3. The molecular formula is C18H16HgO. The Morgan fingerprint density at radius 3 is 2.50 bits per heavy atom. The van der Waals surface area contributed by atoms with Crippen LogP contribution >= 0.6 is 0 Å². The van der Waals surface area contributed by atoms with E-state index in [4.69, 9.17) is 4.74 Å². The third-order valence-electron chi connectivity index (χ3n) is 3.74. The predicted molar refractivity (Wildman–Crippen MR) is 80.3 cm³/mol. The number of methoxy groups -OCH3 is 1. The molecule has 0 unspecified atom stereocenters. The van der Waals surface area contributed by atoms with Gasteiger partial charge in [-0.1, -0.05) is 0 Å². The summed E-state index contributed by atoms with van der Waals surface area (Å²) >= 11 is -1.17. The van der Waals surface area contributed by atoms with E-state index in [9.17, 15) is 0 Å². The Hall–Kier alpha value is -1.34. The van der Waals surface area contributed by atoms with E-state index >= 15 is 0 Å². The first-order chi connectivity index (χ1) is 9.88. The van der Waals surface area contributed by atoms with Crippen molar-refractivity contribution in [3.63, 3.8) is 0 Å². The van der Waals surface area contributed by atoms with Crippen LogP contribution in [0.15, 0.2) is 66.7 Å². The van der Waals surface area contributed by atoms with E-state index in [0.717, 1.165) is 5.75 Å². The molecule has 0 heterocycles. The molecule has 20 heavy (non-hydrogen) atoms. The topological polar surface area (TPSA) is 9.23 Å². The predicted octanol–water partition coefficient (Wildman–Crippen LogP) is 3.76. The average Bonchev–Trinajstić information content (AvgIpc) is 2.53. The Bertz CT molecular complexity index is 716. The summed E-state index contributed by atoms with van der Waals surface area (Å²) in [6, 6.07) is 23.8. The fourth-order valence-electron chi connectivity index (χ4n) is 2.69. The fourth-order valence-corrected chi connectivity index (χ4v) is 9.86. The van der Waals surface area contributed by atoms with Crippen LogP contribution in [-0.4, -0.2) is 7.11 Å². The van der Waals surface area contributed by atoms with Gasteiger partial charge in [-0.25, -0.2) is 0 Å². The number of fused-ring (bicyclic) bond motifs is 1. The molecule has 0 saturated heterocycles. The minimum atomic E-state index is -1.17. The molecule has 0 aliphatic carbocycles. The molecule has 0 radical (unpaired) electrons. The van der Waals surface area contributed by atoms with Gasteiger partial charge in [-0.15, -0.1) is 0 Å². The zero-order valence-electron chi connectivity index (χ0n) is 11.7. The molecular weight excluding hydrogens is 433 g/mol. The quantitative estimate of drug-likeness (QED) is 0.552. The normalized spacial score (nSPS) is 10.2. The molecule has 0 saturated carbocycles. The molecule has 0 bridgehead atoms. The van der Waals surface area contributed by atoms with Crippen molar-refractivity contribution in [3.05, 3.63) is 72.3 Å². The molecule has 3 rings (SSSR count). The third-order valence-corrected chi connectivity index (χ3v) is 11.3. The Balaban J connectivity index is 1.87. The van der Waals surface area contributed by atoms with Crippen molar-refractivity contribution in [1.82, 2.24) is 0 Å². The molecule has 0 aliphatic heterocycles. The SMILES string of the molecule is COc1ccccc1[CH2][Hg][c]1cccc2ccccc12. The molecule has 0 aliphatic rings. The molecule has 1 nitrogen and oxygen atoms in total. The van der Waals surface area contributed by atoms with Crippen LogP contribution in [-0.2, 0) is 28.5 Å². The first-order valence-corrected chi connectivity index (χ1v) is 13.6. The minimum absolute atomic E-state index is 1.03. The Kier molecular flexibility index (Phi) is 4.36. The van der Waals surface area contributed by atoms with Crippen LogP contribution < -0.4 is 7.81 Å². The van der Waals surface area contributed by atoms with Crippen LogP contribution in [0.1, 0.15) is 5.56 Å². The summed E-state index contributed by atoms with van der Waals surface area (Å²) in [5.41, 5.74) is 1.37. The Morgan fingerprint density at radius 1 is 0.850 bits per heavy atom. The van der Waals surface area contributed by atoms with Gasteiger partial charge >= 0.3 is 132 Å². The van der Waals surface area contributed by atoms with Crippen LogP contribution in [0.5, 0.6) is 5.75 Å². The second-order valence-corrected chi connectivity index (χ2v) is 11.8. The second-order valence-electron chi connectivity index (χ2n) is 4.95. The van der Waals surface area contributed by atoms with Crippen LogP contribution in [0.25, 0.3) is 10.8 Å². The molecule has 96 valence electrons. The van der Waals surface area contributed by atoms with Crippen molar-refractivity contribution < 1.29 is 29.3 Å². The van der Waals surface area contributed by atoms with Gasteiger partial charge in [-0.2, -0.15) is 0 Å². The molecule has 0 aromatic heterocycles. The van der Waals surface area contributed by atoms with Crippen LogP contribution in [0.4, 0.5) is 0 Å². The molecule has 3 aromatic rings. The first kappa shape index (κ1) is 13.6. The van der Waals surface area contributed by atoms with E-state index in [-0.39, 0.29) is 0 Å². The molecule has 0 fully saturated rings. The number of hydrogen-bond donors (Lipinski definition) is 0. The average molecular weight is 449 g/mol. The van der Waals surface area contributed by atoms with Crippen molar-refractivity contribution in [2.24, 2.45) is 0 Å². The second kappa shape index (κ2) is 6.40. The number of hydrogen-bond acceptors (Lipinski definition) is 1. The molecule has 0 atom stereocenters. The molecule has 2 heteroatoms. The molecule has 3 aromatic carbocycles. The molecule has 0 N–H and O–H groups in total. The third kappa shape index (κ3) is 2.88. The van der Waals surface area contributed by atoms with E-state index < -0.39 is 24.6 Å². The number of para-hydroxylation sites is 1. The summed E-state index contributed by atoms with van der Waals surface area (Å²) in [7, 11) is 1.76. The van der Waals surface area contributed by atoms with Gasteiger partial charge in [-0.05, 0) is 0 Å². The zero-order valence-corrected chi connectivity index (χ0v) is 17.2. The van der Waals surface area contributed by atoms with Gasteiger partial charge < -0.3 is 0 Å². The van der Waals surface area contributed by atoms with Crippen molar-refractivity contribution in [3.8, 4) is 5.75 Å².